The number of benzene rings is 2. The molecule has 8 nitrogen and oxygen atoms in total. The molecule has 8 bridgehead atoms. The van der Waals surface area contributed by atoms with Crippen LogP contribution in [0.15, 0.2) is 60.7 Å². The fourth-order valence-corrected chi connectivity index (χ4v) is 7.53. The summed E-state index contributed by atoms with van der Waals surface area (Å²) in [4.78, 5) is 50.1. The van der Waals surface area contributed by atoms with Crippen molar-refractivity contribution in [1.82, 2.24) is 19.9 Å². The molecule has 0 spiro atoms. The molecule has 5 aliphatic heterocycles. The monoisotopic (exact) mass is 737 g/mol. The van der Waals surface area contributed by atoms with Crippen LogP contribution in [0.25, 0.3) is 46.5 Å². The summed E-state index contributed by atoms with van der Waals surface area (Å²) in [6.45, 7) is 12.5. The van der Waals surface area contributed by atoms with Crippen LogP contribution in [0.2, 0.25) is 0 Å². The number of hydrogen-bond donors (Lipinski definition) is 0. The molecule has 1 fully saturated rings. The van der Waals surface area contributed by atoms with Crippen LogP contribution in [0, 0.1) is 20.8 Å². The zero-order valence-corrected chi connectivity index (χ0v) is 33.3. The van der Waals surface area contributed by atoms with E-state index in [9.17, 15) is 9.59 Å². The Morgan fingerprint density at radius 1 is 0.827 bits per heavy atom. The van der Waals surface area contributed by atoms with E-state index >= 15 is 0 Å². The largest absolute Gasteiger partial charge is 2.00 e. The maximum absolute atomic E-state index is 14.5. The average molecular weight is 739 g/mol. The summed E-state index contributed by atoms with van der Waals surface area (Å²) >= 11 is 0. The van der Waals surface area contributed by atoms with Crippen molar-refractivity contribution in [1.29, 1.82) is 0 Å². The first-order chi connectivity index (χ1) is 24.6. The summed E-state index contributed by atoms with van der Waals surface area (Å²) in [6.07, 6.45) is 11.0. The molecule has 0 saturated carbocycles. The Morgan fingerprint density at radius 2 is 1.54 bits per heavy atom. The number of aryl methyl sites for hydroxylation is 3. The van der Waals surface area contributed by atoms with E-state index in [0.717, 1.165) is 69.5 Å². The predicted octanol–water partition coefficient (Wildman–Crippen LogP) is 8.19. The fraction of sp³-hybridized carbons (Fsp3) is 0.256. The van der Waals surface area contributed by atoms with Crippen molar-refractivity contribution in [3.63, 3.8) is 0 Å². The van der Waals surface area contributed by atoms with E-state index in [1.165, 1.54) is 17.7 Å². The van der Waals surface area contributed by atoms with Crippen LogP contribution < -0.4 is 19.9 Å². The number of rotatable bonds is 2. The van der Waals surface area contributed by atoms with Crippen molar-refractivity contribution in [2.75, 3.05) is 18.1 Å². The van der Waals surface area contributed by atoms with Crippen LogP contribution in [0.4, 0.5) is 5.69 Å². The minimum atomic E-state index is -0.424. The first-order valence-electron chi connectivity index (χ1n) is 17.5. The van der Waals surface area contributed by atoms with E-state index in [0.29, 0.717) is 40.0 Å². The third kappa shape index (κ3) is 6.37. The second kappa shape index (κ2) is 13.9. The molecular weight excluding hydrogens is 700 g/mol. The Labute approximate surface area is 316 Å². The maximum atomic E-state index is 14.5. The minimum absolute atomic E-state index is 0. The van der Waals surface area contributed by atoms with Crippen LogP contribution in [-0.4, -0.2) is 30.0 Å². The number of fused-ring (bicyclic) bond motifs is 8. The standard InChI is InChI=1S/C39H33N5O2.C4H8O.Zn/c1-21-15-22(2)33(23(3)16-21)34-29-14-13-25(41-29)17-24-11-12-26(40-24)18-32-39(4,5)20-31(42-32)35-36-28(19-30(34)43-36)37(45)44(38(35)46)27-9-7-6-8-10-27;1-2-4-5-3-1;/h6-19H,20H2,1-5H3,(H2,40,42,43,45,46);1-4H2;/q;;+2/p-2. The zero-order valence-electron chi connectivity index (χ0n) is 30.3. The van der Waals surface area contributed by atoms with Crippen molar-refractivity contribution >= 4 is 52.8 Å². The van der Waals surface area contributed by atoms with Crippen molar-refractivity contribution in [3.05, 3.63) is 123 Å². The van der Waals surface area contributed by atoms with Crippen LogP contribution in [0.5, 0.6) is 0 Å². The van der Waals surface area contributed by atoms with Gasteiger partial charge in [0.05, 0.1) is 11.4 Å². The van der Waals surface area contributed by atoms with Gasteiger partial charge in [-0.2, -0.15) is 5.69 Å². The SMILES string of the molecule is C1CCOC1.Cc1cc(C)c(-c2c3[n-][c+](cc4nc(cc5[n-]c(c6c7[n-]c2cc7C(=O)N(c2ccccc2)C6=O)CC5(C)C)C=C4)C=C3)c(C)c1.[Zn+2]. The Kier molecular flexibility index (Phi) is 9.45. The normalized spacial score (nSPS) is 16.0. The van der Waals surface area contributed by atoms with Gasteiger partial charge in [-0.05, 0) is 91.7 Å². The quantitative estimate of drug-likeness (QED) is 0.100. The van der Waals surface area contributed by atoms with E-state index in [-0.39, 0.29) is 24.9 Å². The molecular formula is C43H39N5O3Zn. The van der Waals surface area contributed by atoms with Gasteiger partial charge in [-0.3, -0.25) is 9.59 Å². The number of para-hydroxylation sites is 1. The smallest absolute Gasteiger partial charge is 0.664 e. The molecule has 0 N–H and O–H groups in total. The third-order valence-electron chi connectivity index (χ3n) is 9.91. The van der Waals surface area contributed by atoms with Crippen molar-refractivity contribution in [2.45, 2.75) is 59.3 Å². The summed E-state index contributed by atoms with van der Waals surface area (Å²) in [5.74, 6) is -0.832. The Balaban J connectivity index is 0.000000648. The summed E-state index contributed by atoms with van der Waals surface area (Å²) in [5.41, 5.74) is 11.5. The summed E-state index contributed by atoms with van der Waals surface area (Å²) in [6, 6.07) is 19.1. The number of nitrogens with zero attached hydrogens (tertiary/aromatic N) is 5. The second-order valence-corrected chi connectivity index (χ2v) is 14.4. The van der Waals surface area contributed by atoms with Crippen LogP contribution in [-0.2, 0) is 36.1 Å². The van der Waals surface area contributed by atoms with Gasteiger partial charge in [-0.15, -0.1) is 16.7 Å². The maximum Gasteiger partial charge on any atom is 2.00 e. The Hall–Kier alpha value is -4.98. The Morgan fingerprint density at radius 3 is 2.23 bits per heavy atom. The van der Waals surface area contributed by atoms with E-state index in [1.807, 2.05) is 60.7 Å². The second-order valence-electron chi connectivity index (χ2n) is 14.4. The molecule has 9 heteroatoms. The zero-order chi connectivity index (χ0) is 35.4. The molecule has 0 radical (unpaired) electrons. The minimum Gasteiger partial charge on any atom is -0.664 e. The summed E-state index contributed by atoms with van der Waals surface area (Å²) in [5, 5.41) is 0. The first-order valence-corrected chi connectivity index (χ1v) is 17.5. The van der Waals surface area contributed by atoms with Gasteiger partial charge in [0.25, 0.3) is 11.8 Å². The summed E-state index contributed by atoms with van der Waals surface area (Å²) in [7, 11) is 0. The van der Waals surface area contributed by atoms with Gasteiger partial charge in [0.1, 0.15) is 5.69 Å². The molecule has 2 aromatic heterocycles. The van der Waals surface area contributed by atoms with Gasteiger partial charge >= 0.3 is 19.5 Å². The van der Waals surface area contributed by atoms with Crippen molar-refractivity contribution in [3.8, 4) is 11.1 Å². The first kappa shape index (κ1) is 35.4. The molecule has 5 aliphatic rings. The van der Waals surface area contributed by atoms with Gasteiger partial charge < -0.3 is 19.7 Å². The number of aromatic nitrogens is 4. The molecule has 2 aromatic carbocycles. The number of hydrogen-bond acceptors (Lipinski definition) is 4. The van der Waals surface area contributed by atoms with Crippen molar-refractivity contribution in [2.24, 2.45) is 0 Å². The fourth-order valence-electron chi connectivity index (χ4n) is 7.53. The number of amides is 2. The topological polar surface area (TPSA) is 102 Å². The van der Waals surface area contributed by atoms with Gasteiger partial charge in [0.2, 0.25) is 0 Å². The number of carbonyl (C=O) groups excluding carboxylic acids is 2. The van der Waals surface area contributed by atoms with E-state index in [1.54, 1.807) is 12.1 Å². The predicted molar refractivity (Wildman–Crippen MR) is 202 cm³/mol. The summed E-state index contributed by atoms with van der Waals surface area (Å²) < 4.78 is 4.94. The van der Waals surface area contributed by atoms with Gasteiger partial charge in [-0.25, -0.2) is 9.88 Å². The van der Waals surface area contributed by atoms with Gasteiger partial charge in [0.15, 0.2) is 0 Å². The molecule has 7 heterocycles. The van der Waals surface area contributed by atoms with Crippen LogP contribution in [0.3, 0.4) is 0 Å². The molecule has 52 heavy (non-hydrogen) atoms. The molecule has 4 aromatic rings. The molecule has 256 valence electrons. The third-order valence-corrected chi connectivity index (χ3v) is 9.91. The van der Waals surface area contributed by atoms with Gasteiger partial charge in [0, 0.05) is 54.2 Å². The molecule has 1 saturated heterocycles. The van der Waals surface area contributed by atoms with Crippen LogP contribution >= 0.6 is 0 Å². The number of ether oxygens (including phenoxy) is 1. The molecule has 0 aliphatic carbocycles. The van der Waals surface area contributed by atoms with E-state index in [4.69, 9.17) is 24.7 Å². The Bertz CT molecular complexity index is 2350. The van der Waals surface area contributed by atoms with E-state index < -0.39 is 11.8 Å². The number of imide groups is 1. The number of anilines is 1. The number of carbonyl (C=O) groups is 2. The van der Waals surface area contributed by atoms with Crippen molar-refractivity contribution < 1.29 is 33.8 Å². The van der Waals surface area contributed by atoms with Crippen LogP contribution in [0.1, 0.15) is 98.3 Å². The molecule has 0 atom stereocenters. The molecule has 9 rings (SSSR count). The van der Waals surface area contributed by atoms with Gasteiger partial charge in [-0.1, -0.05) is 61.9 Å². The molecule has 2 amide bonds. The average Bonchev–Trinajstić information content (AvgIpc) is 3.93. The van der Waals surface area contributed by atoms with E-state index in [2.05, 4.69) is 46.8 Å². The molecule has 0 unspecified atom stereocenters.